The predicted molar refractivity (Wildman–Crippen MR) is 181 cm³/mol. The van der Waals surface area contributed by atoms with Crippen LogP contribution in [0, 0.1) is 0 Å². The number of esters is 2. The first-order valence-corrected chi connectivity index (χ1v) is 18.8. The van der Waals surface area contributed by atoms with Crippen LogP contribution in [-0.2, 0) is 23.9 Å². The molecule has 0 aromatic carbocycles. The first-order valence-electron chi connectivity index (χ1n) is 17.6. The molecule has 0 heterocycles. The van der Waals surface area contributed by atoms with Gasteiger partial charge in [-0.2, -0.15) is 11.8 Å². The lowest BCUT2D eigenvalue weighted by Gasteiger charge is -2.19. The molecule has 254 valence electrons. The smallest absolute Gasteiger partial charge is 0.306 e. The molecule has 0 rings (SSSR count). The zero-order valence-electron chi connectivity index (χ0n) is 27.9. The first kappa shape index (κ1) is 41.7. The normalized spacial score (nSPS) is 12.6. The van der Waals surface area contributed by atoms with E-state index in [4.69, 9.17) is 20.9 Å². The van der Waals surface area contributed by atoms with Gasteiger partial charge in [0.25, 0.3) is 0 Å². The van der Waals surface area contributed by atoms with E-state index in [2.05, 4.69) is 19.2 Å². The Hall–Kier alpha value is -1.32. The van der Waals surface area contributed by atoms with E-state index in [1.54, 1.807) is 0 Å². The van der Waals surface area contributed by atoms with Crippen LogP contribution < -0.4 is 16.8 Å². The Balaban J connectivity index is 4.42. The molecule has 9 heteroatoms. The van der Waals surface area contributed by atoms with Crippen molar-refractivity contribution >= 4 is 29.6 Å². The lowest BCUT2D eigenvalue weighted by molar-refractivity contribution is -0.157. The van der Waals surface area contributed by atoms with E-state index in [9.17, 15) is 14.4 Å². The van der Waals surface area contributed by atoms with Gasteiger partial charge in [0.15, 0.2) is 0 Å². The summed E-state index contributed by atoms with van der Waals surface area (Å²) in [7, 11) is 0. The van der Waals surface area contributed by atoms with Gasteiger partial charge in [0.1, 0.15) is 12.7 Å². The molecule has 0 bridgehead atoms. The molecule has 0 aromatic heterocycles. The molecular formula is C34H67N3O5S. The van der Waals surface area contributed by atoms with Crippen molar-refractivity contribution in [1.82, 2.24) is 5.32 Å². The number of unbranched alkanes of at least 4 members (excludes halogenated alkanes) is 17. The molecule has 0 radical (unpaired) electrons. The molecule has 0 aliphatic carbocycles. The minimum atomic E-state index is -0.657. The maximum Gasteiger partial charge on any atom is 0.306 e. The molecule has 0 aliphatic heterocycles. The second-order valence-corrected chi connectivity index (χ2v) is 13.0. The third kappa shape index (κ3) is 29.2. The summed E-state index contributed by atoms with van der Waals surface area (Å²) in [6.07, 6.45) is 23.2. The second kappa shape index (κ2) is 32.1. The molecule has 8 nitrogen and oxygen atoms in total. The highest BCUT2D eigenvalue weighted by Gasteiger charge is 2.19. The van der Waals surface area contributed by atoms with Gasteiger partial charge < -0.3 is 26.3 Å². The van der Waals surface area contributed by atoms with Crippen LogP contribution >= 0.6 is 11.8 Å². The molecule has 0 fully saturated rings. The molecule has 1 amide bonds. The van der Waals surface area contributed by atoms with E-state index in [1.807, 2.05) is 0 Å². The van der Waals surface area contributed by atoms with Crippen LogP contribution in [0.25, 0.3) is 0 Å². The molecule has 5 N–H and O–H groups in total. The Bertz CT molecular complexity index is 668. The molecule has 0 spiro atoms. The summed E-state index contributed by atoms with van der Waals surface area (Å²) >= 11 is 1.44. The number of carbonyl (C=O) groups excluding carboxylic acids is 3. The van der Waals surface area contributed by atoms with E-state index >= 15 is 0 Å². The van der Waals surface area contributed by atoms with Crippen LogP contribution in [0.4, 0.5) is 0 Å². The van der Waals surface area contributed by atoms with Crippen LogP contribution in [0.1, 0.15) is 155 Å². The van der Waals surface area contributed by atoms with Gasteiger partial charge in [-0.15, -0.1) is 0 Å². The van der Waals surface area contributed by atoms with Gasteiger partial charge in [-0.3, -0.25) is 14.4 Å². The number of ether oxygens (including phenoxy) is 2. The number of amides is 1. The highest BCUT2D eigenvalue weighted by atomic mass is 32.2. The summed E-state index contributed by atoms with van der Waals surface area (Å²) in [6.45, 7) is 5.65. The van der Waals surface area contributed by atoms with Crippen LogP contribution in [0.3, 0.4) is 0 Å². The topological polar surface area (TPSA) is 134 Å². The molecule has 0 aliphatic rings. The van der Waals surface area contributed by atoms with E-state index in [0.717, 1.165) is 51.4 Å². The average Bonchev–Trinajstić information content (AvgIpc) is 3.00. The van der Waals surface area contributed by atoms with Crippen LogP contribution in [0.5, 0.6) is 0 Å². The van der Waals surface area contributed by atoms with Crippen molar-refractivity contribution in [3.8, 4) is 0 Å². The van der Waals surface area contributed by atoms with Gasteiger partial charge in [-0.25, -0.2) is 0 Å². The zero-order chi connectivity index (χ0) is 31.8. The Kier molecular flexibility index (Phi) is 31.1. The summed E-state index contributed by atoms with van der Waals surface area (Å²) in [5.41, 5.74) is 11.5. The number of rotatable bonds is 32. The minimum Gasteiger partial charge on any atom is -0.462 e. The highest BCUT2D eigenvalue weighted by molar-refractivity contribution is 7.99. The van der Waals surface area contributed by atoms with Crippen molar-refractivity contribution in [1.29, 1.82) is 0 Å². The van der Waals surface area contributed by atoms with Crippen molar-refractivity contribution in [2.75, 3.05) is 31.2 Å². The number of carbonyl (C=O) groups is 3. The van der Waals surface area contributed by atoms with Gasteiger partial charge in [0.05, 0.1) is 6.04 Å². The number of thioether (sulfide) groups is 1. The lowest BCUT2D eigenvalue weighted by atomic mass is 10.1. The SMILES string of the molecule is CCCCCCCCCCCC(=O)OC[C@H](CSC[C@@H](N)C(=O)NCCCCN)OC(=O)CCCCCCCCCCC. The lowest BCUT2D eigenvalue weighted by Crippen LogP contribution is -2.43. The largest absolute Gasteiger partial charge is 0.462 e. The molecule has 43 heavy (non-hydrogen) atoms. The maximum atomic E-state index is 12.6. The van der Waals surface area contributed by atoms with Crippen LogP contribution in [0.2, 0.25) is 0 Å². The summed E-state index contributed by atoms with van der Waals surface area (Å²) in [6, 6.07) is -0.657. The van der Waals surface area contributed by atoms with Crippen molar-refractivity contribution in [3.05, 3.63) is 0 Å². The fraction of sp³-hybridized carbons (Fsp3) is 0.912. The van der Waals surface area contributed by atoms with Crippen LogP contribution in [0.15, 0.2) is 0 Å². The van der Waals surface area contributed by atoms with E-state index in [-0.39, 0.29) is 24.5 Å². The standard InChI is InChI=1S/C34H67N3O5S/c1-3-5-7-9-11-13-15-17-19-23-32(38)41-27-30(28-43-29-31(36)34(40)37-26-22-21-25-35)42-33(39)24-20-18-16-14-12-10-8-6-4-2/h30-31H,3-29,35-36H2,1-2H3,(H,37,40)/t30-,31-/m1/s1. The molecule has 0 unspecified atom stereocenters. The van der Waals surface area contributed by atoms with Crippen LogP contribution in [-0.4, -0.2) is 61.2 Å². The van der Waals surface area contributed by atoms with Crippen molar-refractivity contribution in [2.24, 2.45) is 11.5 Å². The van der Waals surface area contributed by atoms with Crippen molar-refractivity contribution in [2.45, 2.75) is 167 Å². The fourth-order valence-corrected chi connectivity index (χ4v) is 5.76. The number of nitrogens with two attached hydrogens (primary N) is 2. The summed E-state index contributed by atoms with van der Waals surface area (Å²) in [5.74, 6) is 0.104. The fourth-order valence-electron chi connectivity index (χ4n) is 4.79. The van der Waals surface area contributed by atoms with E-state index in [0.29, 0.717) is 37.4 Å². The molecule has 0 saturated heterocycles. The quantitative estimate of drug-likeness (QED) is 0.0525. The van der Waals surface area contributed by atoms with Crippen molar-refractivity contribution in [3.63, 3.8) is 0 Å². The third-order valence-corrected chi connectivity index (χ3v) is 8.77. The van der Waals surface area contributed by atoms with E-state index < -0.39 is 12.1 Å². The van der Waals surface area contributed by atoms with Gasteiger partial charge in [0.2, 0.25) is 5.91 Å². The minimum absolute atomic E-state index is 0.0350. The average molecular weight is 630 g/mol. The molecule has 2 atom stereocenters. The maximum absolute atomic E-state index is 12.6. The Morgan fingerprint density at radius 2 is 1.14 bits per heavy atom. The van der Waals surface area contributed by atoms with Gasteiger partial charge in [-0.05, 0) is 32.2 Å². The summed E-state index contributed by atoms with van der Waals surface area (Å²) in [5, 5.41) is 2.83. The summed E-state index contributed by atoms with van der Waals surface area (Å²) < 4.78 is 11.2. The van der Waals surface area contributed by atoms with E-state index in [1.165, 1.54) is 88.8 Å². The monoisotopic (exact) mass is 629 g/mol. The molecule has 0 aromatic rings. The first-order chi connectivity index (χ1) is 20.9. The Labute approximate surface area is 268 Å². The molecule has 0 saturated carbocycles. The van der Waals surface area contributed by atoms with Crippen molar-refractivity contribution < 1.29 is 23.9 Å². The predicted octanol–water partition coefficient (Wildman–Crippen LogP) is 7.20. The van der Waals surface area contributed by atoms with Gasteiger partial charge in [-0.1, -0.05) is 117 Å². The second-order valence-electron chi connectivity index (χ2n) is 11.9. The Morgan fingerprint density at radius 1 is 0.651 bits per heavy atom. The Morgan fingerprint density at radius 3 is 1.65 bits per heavy atom. The van der Waals surface area contributed by atoms with Gasteiger partial charge >= 0.3 is 11.9 Å². The number of hydrogen-bond acceptors (Lipinski definition) is 8. The third-order valence-electron chi connectivity index (χ3n) is 7.57. The van der Waals surface area contributed by atoms with Gasteiger partial charge in [0, 0.05) is 30.9 Å². The molecular weight excluding hydrogens is 562 g/mol. The highest BCUT2D eigenvalue weighted by Crippen LogP contribution is 2.14. The number of hydrogen-bond donors (Lipinski definition) is 3. The summed E-state index contributed by atoms with van der Waals surface area (Å²) in [4.78, 5) is 37.2. The zero-order valence-corrected chi connectivity index (χ0v) is 28.7. The number of nitrogens with one attached hydrogen (secondary N) is 1.